The Kier molecular flexibility index (Phi) is 4.76. The van der Waals surface area contributed by atoms with Gasteiger partial charge in [-0.05, 0) is 25.0 Å². The predicted octanol–water partition coefficient (Wildman–Crippen LogP) is 2.02. The largest absolute Gasteiger partial charge is 0.491 e. The third-order valence-electron chi connectivity index (χ3n) is 5.06. The van der Waals surface area contributed by atoms with Crippen molar-refractivity contribution in [2.45, 2.75) is 43.7 Å². The molecule has 1 aromatic rings. The Labute approximate surface area is 142 Å². The summed E-state index contributed by atoms with van der Waals surface area (Å²) in [6.45, 7) is 0.00831. The molecule has 1 N–H and O–H groups in total. The third-order valence-corrected chi connectivity index (χ3v) is 5.06. The number of ether oxygens (including phenoxy) is 1. The maximum Gasteiger partial charge on any atom is 0.327 e. The average Bonchev–Trinajstić information content (AvgIpc) is 2.78. The van der Waals surface area contributed by atoms with Crippen LogP contribution in [-0.2, 0) is 4.79 Å². The summed E-state index contributed by atoms with van der Waals surface area (Å²) in [5.41, 5.74) is -0.699. The van der Waals surface area contributed by atoms with E-state index in [1.165, 1.54) is 4.90 Å². The zero-order valence-corrected chi connectivity index (χ0v) is 14.0. The number of likely N-dealkylation sites (N-methyl/N-ethyl adjacent to an activating group) is 1. The molecule has 3 amide bonds. The van der Waals surface area contributed by atoms with Gasteiger partial charge in [-0.1, -0.05) is 37.5 Å². The molecule has 1 atom stereocenters. The molecule has 1 saturated carbocycles. The molecule has 130 valence electrons. The first-order valence-corrected chi connectivity index (χ1v) is 8.50. The molecule has 1 saturated heterocycles. The Bertz CT molecular complexity index is 598. The number of aliphatic hydroxyl groups excluding tert-OH is 1. The first-order chi connectivity index (χ1) is 11.5. The quantitative estimate of drug-likeness (QED) is 0.838. The number of para-hydroxylation sites is 1. The van der Waals surface area contributed by atoms with E-state index in [-0.39, 0.29) is 25.1 Å². The standard InChI is InChI=1S/C18H24N2O4/c1-19-17(23)20(16(22)18(19)10-6-3-7-11-18)12-14(21)13-24-15-8-4-2-5-9-15/h2,4-5,8-9,14,21H,3,6-7,10-13H2,1H3/t14-/m1/s1. The van der Waals surface area contributed by atoms with E-state index < -0.39 is 11.6 Å². The first kappa shape index (κ1) is 16.8. The number of hydrogen-bond acceptors (Lipinski definition) is 4. The highest BCUT2D eigenvalue weighted by molar-refractivity contribution is 6.07. The average molecular weight is 332 g/mol. The fourth-order valence-electron chi connectivity index (χ4n) is 3.67. The van der Waals surface area contributed by atoms with Gasteiger partial charge in [0, 0.05) is 7.05 Å². The van der Waals surface area contributed by atoms with Gasteiger partial charge in [-0.3, -0.25) is 9.69 Å². The van der Waals surface area contributed by atoms with Gasteiger partial charge in [-0.2, -0.15) is 0 Å². The number of rotatable bonds is 5. The summed E-state index contributed by atoms with van der Waals surface area (Å²) in [5, 5.41) is 10.2. The van der Waals surface area contributed by atoms with Gasteiger partial charge in [-0.25, -0.2) is 4.79 Å². The van der Waals surface area contributed by atoms with Gasteiger partial charge in [0.2, 0.25) is 0 Å². The Morgan fingerprint density at radius 2 is 1.83 bits per heavy atom. The van der Waals surface area contributed by atoms with Gasteiger partial charge < -0.3 is 14.7 Å². The Morgan fingerprint density at radius 1 is 1.17 bits per heavy atom. The van der Waals surface area contributed by atoms with Gasteiger partial charge in [0.05, 0.1) is 6.54 Å². The molecule has 2 aliphatic rings. The molecule has 6 nitrogen and oxygen atoms in total. The van der Waals surface area contributed by atoms with Crippen LogP contribution in [0.5, 0.6) is 5.75 Å². The fraction of sp³-hybridized carbons (Fsp3) is 0.556. The highest BCUT2D eigenvalue weighted by Crippen LogP contribution is 2.39. The van der Waals surface area contributed by atoms with Crippen LogP contribution in [0.3, 0.4) is 0 Å². The van der Waals surface area contributed by atoms with Gasteiger partial charge in [0.1, 0.15) is 24.0 Å². The van der Waals surface area contributed by atoms with Crippen LogP contribution in [0.2, 0.25) is 0 Å². The van der Waals surface area contributed by atoms with Crippen LogP contribution in [0.4, 0.5) is 4.79 Å². The van der Waals surface area contributed by atoms with Crippen LogP contribution in [0.15, 0.2) is 30.3 Å². The summed E-state index contributed by atoms with van der Waals surface area (Å²) >= 11 is 0. The molecule has 1 aliphatic heterocycles. The van der Waals surface area contributed by atoms with Crippen molar-refractivity contribution in [1.82, 2.24) is 9.80 Å². The van der Waals surface area contributed by atoms with Gasteiger partial charge in [0.15, 0.2) is 0 Å². The summed E-state index contributed by atoms with van der Waals surface area (Å²) in [7, 11) is 1.69. The summed E-state index contributed by atoms with van der Waals surface area (Å²) in [6, 6.07) is 8.84. The number of hydrogen-bond donors (Lipinski definition) is 1. The summed E-state index contributed by atoms with van der Waals surface area (Å²) in [4.78, 5) is 28.1. The third kappa shape index (κ3) is 2.98. The topological polar surface area (TPSA) is 70.1 Å². The minimum absolute atomic E-state index is 0.0312. The van der Waals surface area contributed by atoms with Gasteiger partial charge in [0.25, 0.3) is 5.91 Å². The van der Waals surface area contributed by atoms with Crippen LogP contribution in [0, 0.1) is 0 Å². The number of carbonyl (C=O) groups is 2. The van der Waals surface area contributed by atoms with E-state index >= 15 is 0 Å². The monoisotopic (exact) mass is 332 g/mol. The molecule has 1 heterocycles. The van der Waals surface area contributed by atoms with Gasteiger partial charge in [-0.15, -0.1) is 0 Å². The summed E-state index contributed by atoms with van der Waals surface area (Å²) in [6.07, 6.45) is 3.52. The molecule has 0 radical (unpaired) electrons. The van der Waals surface area contributed by atoms with Crippen LogP contribution < -0.4 is 4.74 Å². The number of imide groups is 1. The Balaban J connectivity index is 1.62. The maximum atomic E-state index is 12.8. The second-order valence-electron chi connectivity index (χ2n) is 6.63. The van der Waals surface area contributed by atoms with Crippen LogP contribution in [0.25, 0.3) is 0 Å². The zero-order chi connectivity index (χ0) is 17.2. The van der Waals surface area contributed by atoms with Crippen molar-refractivity contribution in [2.24, 2.45) is 0 Å². The maximum absolute atomic E-state index is 12.8. The summed E-state index contributed by atoms with van der Waals surface area (Å²) in [5.74, 6) is 0.477. The molecule has 2 fully saturated rings. The number of benzene rings is 1. The van der Waals surface area contributed by atoms with Crippen LogP contribution in [0.1, 0.15) is 32.1 Å². The number of carbonyl (C=O) groups excluding carboxylic acids is 2. The highest BCUT2D eigenvalue weighted by atomic mass is 16.5. The van der Waals surface area contributed by atoms with Crippen molar-refractivity contribution in [3.63, 3.8) is 0 Å². The molecular weight excluding hydrogens is 308 g/mol. The lowest BCUT2D eigenvalue weighted by molar-refractivity contribution is -0.135. The lowest BCUT2D eigenvalue weighted by atomic mass is 9.81. The molecule has 1 aliphatic carbocycles. The zero-order valence-electron chi connectivity index (χ0n) is 14.0. The van der Waals surface area contributed by atoms with Crippen molar-refractivity contribution >= 4 is 11.9 Å². The van der Waals surface area contributed by atoms with Crippen molar-refractivity contribution < 1.29 is 19.4 Å². The molecule has 1 spiro atoms. The molecule has 3 rings (SSSR count). The molecule has 0 aromatic heterocycles. The Hall–Kier alpha value is -2.08. The molecule has 0 bridgehead atoms. The van der Waals surface area contributed by atoms with E-state index in [4.69, 9.17) is 4.74 Å². The minimum Gasteiger partial charge on any atom is -0.491 e. The number of amides is 3. The molecule has 6 heteroatoms. The normalized spacial score (nSPS) is 21.4. The number of aliphatic hydroxyl groups is 1. The van der Waals surface area contributed by atoms with Crippen molar-refractivity contribution in [1.29, 1.82) is 0 Å². The molecular formula is C18H24N2O4. The number of nitrogens with zero attached hydrogens (tertiary/aromatic N) is 2. The van der Waals surface area contributed by atoms with E-state index in [0.29, 0.717) is 18.6 Å². The van der Waals surface area contributed by atoms with Crippen LogP contribution >= 0.6 is 0 Å². The lowest BCUT2D eigenvalue weighted by Gasteiger charge is -2.35. The Morgan fingerprint density at radius 3 is 2.50 bits per heavy atom. The molecule has 1 aromatic carbocycles. The van der Waals surface area contributed by atoms with Gasteiger partial charge >= 0.3 is 6.03 Å². The predicted molar refractivity (Wildman–Crippen MR) is 88.6 cm³/mol. The summed E-state index contributed by atoms with van der Waals surface area (Å²) < 4.78 is 5.50. The fourth-order valence-corrected chi connectivity index (χ4v) is 3.67. The van der Waals surface area contributed by atoms with Crippen molar-refractivity contribution in [3.05, 3.63) is 30.3 Å². The van der Waals surface area contributed by atoms with E-state index in [9.17, 15) is 14.7 Å². The van der Waals surface area contributed by atoms with Crippen LogP contribution in [-0.4, -0.2) is 58.7 Å². The SMILES string of the molecule is CN1C(=O)N(C[C@@H](O)COc2ccccc2)C(=O)C12CCCCC2. The molecule has 0 unspecified atom stereocenters. The number of β-amino-alcohol motifs (C(OH)–C–C–N with tert-alkyl or cyclic N) is 1. The second kappa shape index (κ2) is 6.81. The molecule has 24 heavy (non-hydrogen) atoms. The second-order valence-corrected chi connectivity index (χ2v) is 6.63. The minimum atomic E-state index is -0.912. The van der Waals surface area contributed by atoms with E-state index in [1.54, 1.807) is 24.1 Å². The highest BCUT2D eigenvalue weighted by Gasteiger charge is 2.55. The van der Waals surface area contributed by atoms with E-state index in [1.807, 2.05) is 18.2 Å². The van der Waals surface area contributed by atoms with Crippen molar-refractivity contribution in [2.75, 3.05) is 20.2 Å². The van der Waals surface area contributed by atoms with E-state index in [0.717, 1.165) is 19.3 Å². The first-order valence-electron chi connectivity index (χ1n) is 8.50. The van der Waals surface area contributed by atoms with Crippen molar-refractivity contribution in [3.8, 4) is 5.75 Å². The number of urea groups is 1. The van der Waals surface area contributed by atoms with E-state index in [2.05, 4.69) is 0 Å². The smallest absolute Gasteiger partial charge is 0.327 e. The lowest BCUT2D eigenvalue weighted by Crippen LogP contribution is -2.49.